The van der Waals surface area contributed by atoms with Gasteiger partial charge in [-0.2, -0.15) is 0 Å². The van der Waals surface area contributed by atoms with Crippen LogP contribution in [0.1, 0.15) is 25.0 Å². The lowest BCUT2D eigenvalue weighted by molar-refractivity contribution is 0.0543. The van der Waals surface area contributed by atoms with Crippen LogP contribution < -0.4 is 9.47 Å². The Kier molecular flexibility index (Phi) is 7.29. The van der Waals surface area contributed by atoms with E-state index in [0.29, 0.717) is 12.6 Å². The van der Waals surface area contributed by atoms with E-state index >= 15 is 0 Å². The minimum Gasteiger partial charge on any atom is -0.497 e. The fourth-order valence-corrected chi connectivity index (χ4v) is 2.57. The van der Waals surface area contributed by atoms with Crippen molar-refractivity contribution in [2.24, 2.45) is 0 Å². The van der Waals surface area contributed by atoms with Gasteiger partial charge in [-0.1, -0.05) is 29.8 Å². The van der Waals surface area contributed by atoms with Crippen LogP contribution in [-0.2, 0) is 6.54 Å². The monoisotopic (exact) mass is 343 g/mol. The first-order valence-corrected chi connectivity index (χ1v) is 8.72. The second kappa shape index (κ2) is 9.44. The van der Waals surface area contributed by atoms with Crippen LogP contribution >= 0.6 is 0 Å². The second-order valence-electron chi connectivity index (χ2n) is 6.65. The largest absolute Gasteiger partial charge is 0.497 e. The van der Waals surface area contributed by atoms with Gasteiger partial charge in [0.05, 0.1) is 7.11 Å². The summed E-state index contributed by atoms with van der Waals surface area (Å²) >= 11 is 0. The molecule has 2 aromatic carbocycles. The zero-order valence-electron chi connectivity index (χ0n) is 15.6. The van der Waals surface area contributed by atoms with Gasteiger partial charge in [-0.25, -0.2) is 0 Å². The van der Waals surface area contributed by atoms with E-state index in [-0.39, 0.29) is 6.61 Å². The van der Waals surface area contributed by atoms with Crippen molar-refractivity contribution in [1.29, 1.82) is 0 Å². The third kappa shape index (κ3) is 6.40. The number of ether oxygens (including phenoxy) is 2. The quantitative estimate of drug-likeness (QED) is 0.754. The Morgan fingerprint density at radius 1 is 0.960 bits per heavy atom. The van der Waals surface area contributed by atoms with Gasteiger partial charge in [0, 0.05) is 19.1 Å². The summed E-state index contributed by atoms with van der Waals surface area (Å²) in [5, 5.41) is 10.4. The zero-order valence-corrected chi connectivity index (χ0v) is 15.6. The summed E-state index contributed by atoms with van der Waals surface area (Å²) in [5.74, 6) is 1.52. The Morgan fingerprint density at radius 3 is 2.12 bits per heavy atom. The number of aliphatic hydroxyl groups is 1. The van der Waals surface area contributed by atoms with Gasteiger partial charge in [0.1, 0.15) is 24.2 Å². The third-order valence-corrected chi connectivity index (χ3v) is 4.18. The Morgan fingerprint density at radius 2 is 1.56 bits per heavy atom. The first-order chi connectivity index (χ1) is 12.0. The van der Waals surface area contributed by atoms with E-state index in [1.165, 1.54) is 11.1 Å². The van der Waals surface area contributed by atoms with Gasteiger partial charge in [0.2, 0.25) is 0 Å². The molecule has 0 amide bonds. The highest BCUT2D eigenvalue weighted by atomic mass is 16.5. The van der Waals surface area contributed by atoms with Crippen molar-refractivity contribution < 1.29 is 14.6 Å². The van der Waals surface area contributed by atoms with Gasteiger partial charge in [-0.3, -0.25) is 4.90 Å². The topological polar surface area (TPSA) is 41.9 Å². The van der Waals surface area contributed by atoms with Crippen molar-refractivity contribution in [2.45, 2.75) is 39.5 Å². The fraction of sp³-hybridized carbons (Fsp3) is 0.429. The molecule has 0 spiro atoms. The van der Waals surface area contributed by atoms with E-state index < -0.39 is 6.10 Å². The van der Waals surface area contributed by atoms with E-state index in [0.717, 1.165) is 18.0 Å². The van der Waals surface area contributed by atoms with Gasteiger partial charge in [0.25, 0.3) is 0 Å². The molecule has 4 nitrogen and oxygen atoms in total. The van der Waals surface area contributed by atoms with E-state index in [2.05, 4.69) is 49.9 Å². The zero-order chi connectivity index (χ0) is 18.2. The summed E-state index contributed by atoms with van der Waals surface area (Å²) in [6.07, 6.45) is -0.546. The van der Waals surface area contributed by atoms with E-state index in [9.17, 15) is 5.11 Å². The summed E-state index contributed by atoms with van der Waals surface area (Å²) in [4.78, 5) is 2.26. The Bertz CT molecular complexity index is 623. The molecule has 2 aromatic rings. The molecule has 0 saturated heterocycles. The molecule has 136 valence electrons. The highest BCUT2D eigenvalue weighted by Gasteiger charge is 2.16. The molecule has 0 radical (unpaired) electrons. The lowest BCUT2D eigenvalue weighted by atomic mass is 10.1. The smallest absolute Gasteiger partial charge is 0.119 e. The first-order valence-electron chi connectivity index (χ1n) is 8.72. The van der Waals surface area contributed by atoms with Crippen molar-refractivity contribution in [1.82, 2.24) is 4.90 Å². The summed E-state index contributed by atoms with van der Waals surface area (Å²) < 4.78 is 10.8. The van der Waals surface area contributed by atoms with Crippen molar-refractivity contribution in [2.75, 3.05) is 20.3 Å². The summed E-state index contributed by atoms with van der Waals surface area (Å²) in [5.41, 5.74) is 2.51. The number of aliphatic hydroxyl groups excluding tert-OH is 1. The van der Waals surface area contributed by atoms with Gasteiger partial charge in [-0.15, -0.1) is 0 Å². The van der Waals surface area contributed by atoms with Gasteiger partial charge < -0.3 is 14.6 Å². The molecule has 0 aliphatic heterocycles. The predicted octanol–water partition coefficient (Wildman–Crippen LogP) is 3.65. The molecular formula is C21H29NO3. The lowest BCUT2D eigenvalue weighted by Gasteiger charge is -2.29. The Hall–Kier alpha value is -2.04. The van der Waals surface area contributed by atoms with Crippen LogP contribution in [0.4, 0.5) is 0 Å². The van der Waals surface area contributed by atoms with Gasteiger partial charge >= 0.3 is 0 Å². The molecule has 1 N–H and O–H groups in total. The number of hydrogen-bond acceptors (Lipinski definition) is 4. The molecule has 4 heteroatoms. The highest BCUT2D eigenvalue weighted by Crippen LogP contribution is 2.17. The molecule has 2 rings (SSSR count). The summed E-state index contributed by atoms with van der Waals surface area (Å²) in [6.45, 7) is 8.03. The molecule has 0 bridgehead atoms. The standard InChI is InChI=1S/C21H29NO3/c1-16(2)22(13-18-7-5-17(3)6-8-18)14-19(23)15-25-21-11-9-20(24-4)10-12-21/h5-12,16,19,23H,13-15H2,1-4H3/t19-/m1/s1. The molecule has 1 atom stereocenters. The summed E-state index contributed by atoms with van der Waals surface area (Å²) in [7, 11) is 1.63. The summed E-state index contributed by atoms with van der Waals surface area (Å²) in [6, 6.07) is 16.3. The lowest BCUT2D eigenvalue weighted by Crippen LogP contribution is -2.39. The van der Waals surface area contributed by atoms with Crippen LogP contribution in [0.2, 0.25) is 0 Å². The molecule has 0 aliphatic carbocycles. The van der Waals surface area contributed by atoms with Crippen molar-refractivity contribution in [3.05, 3.63) is 59.7 Å². The molecule has 0 heterocycles. The number of benzene rings is 2. The van der Waals surface area contributed by atoms with E-state index in [1.807, 2.05) is 24.3 Å². The van der Waals surface area contributed by atoms with Crippen LogP contribution in [0.5, 0.6) is 11.5 Å². The molecule has 0 fully saturated rings. The number of hydrogen-bond donors (Lipinski definition) is 1. The van der Waals surface area contributed by atoms with Crippen molar-refractivity contribution in [3.63, 3.8) is 0 Å². The normalized spacial score (nSPS) is 12.4. The van der Waals surface area contributed by atoms with Crippen LogP contribution in [0.3, 0.4) is 0 Å². The number of methoxy groups -OCH3 is 1. The molecule has 25 heavy (non-hydrogen) atoms. The maximum Gasteiger partial charge on any atom is 0.119 e. The maximum atomic E-state index is 10.4. The minimum absolute atomic E-state index is 0.267. The Balaban J connectivity index is 1.86. The molecule has 0 unspecified atom stereocenters. The van der Waals surface area contributed by atoms with E-state index in [4.69, 9.17) is 9.47 Å². The minimum atomic E-state index is -0.546. The SMILES string of the molecule is COc1ccc(OC[C@H](O)CN(Cc2ccc(C)cc2)C(C)C)cc1. The fourth-order valence-electron chi connectivity index (χ4n) is 2.57. The van der Waals surface area contributed by atoms with Gasteiger partial charge in [-0.05, 0) is 50.6 Å². The number of nitrogens with zero attached hydrogens (tertiary/aromatic N) is 1. The number of aryl methyl sites for hydroxylation is 1. The third-order valence-electron chi connectivity index (χ3n) is 4.18. The van der Waals surface area contributed by atoms with Crippen molar-refractivity contribution in [3.8, 4) is 11.5 Å². The second-order valence-corrected chi connectivity index (χ2v) is 6.65. The van der Waals surface area contributed by atoms with Crippen LogP contribution in [0.25, 0.3) is 0 Å². The average molecular weight is 343 g/mol. The maximum absolute atomic E-state index is 10.4. The number of rotatable bonds is 9. The van der Waals surface area contributed by atoms with Crippen molar-refractivity contribution >= 4 is 0 Å². The average Bonchev–Trinajstić information content (AvgIpc) is 2.61. The Labute approximate surface area is 151 Å². The molecule has 0 aromatic heterocycles. The predicted molar refractivity (Wildman–Crippen MR) is 101 cm³/mol. The van der Waals surface area contributed by atoms with E-state index in [1.54, 1.807) is 7.11 Å². The van der Waals surface area contributed by atoms with Crippen LogP contribution in [-0.4, -0.2) is 42.4 Å². The van der Waals surface area contributed by atoms with Gasteiger partial charge in [0.15, 0.2) is 0 Å². The molecule has 0 saturated carbocycles. The first kappa shape index (κ1) is 19.3. The van der Waals surface area contributed by atoms with Crippen LogP contribution in [0, 0.1) is 6.92 Å². The molecule has 0 aliphatic rings. The van der Waals surface area contributed by atoms with Crippen LogP contribution in [0.15, 0.2) is 48.5 Å². The molecular weight excluding hydrogens is 314 g/mol. The highest BCUT2D eigenvalue weighted by molar-refractivity contribution is 5.31.